The van der Waals surface area contributed by atoms with Gasteiger partial charge in [-0.25, -0.2) is 0 Å². The van der Waals surface area contributed by atoms with E-state index in [0.717, 1.165) is 10.2 Å². The lowest BCUT2D eigenvalue weighted by atomic mass is 10.3. The predicted octanol–water partition coefficient (Wildman–Crippen LogP) is 4.12. The van der Waals surface area contributed by atoms with Gasteiger partial charge in [0.25, 0.3) is 0 Å². The van der Waals surface area contributed by atoms with Gasteiger partial charge in [0.2, 0.25) is 17.2 Å². The first-order chi connectivity index (χ1) is 9.08. The number of halogens is 3. The molecule has 2 rings (SSSR count). The number of anilines is 3. The van der Waals surface area contributed by atoms with Crippen LogP contribution in [0.4, 0.5) is 17.6 Å². The summed E-state index contributed by atoms with van der Waals surface area (Å²) in [6, 6.07) is 5.36. The Kier molecular flexibility index (Phi) is 4.79. The molecule has 0 radical (unpaired) electrons. The minimum absolute atomic E-state index is 0.124. The molecule has 1 heterocycles. The van der Waals surface area contributed by atoms with Crippen molar-refractivity contribution >= 4 is 56.7 Å². The summed E-state index contributed by atoms with van der Waals surface area (Å²) < 4.78 is 0.807. The van der Waals surface area contributed by atoms with E-state index in [1.54, 1.807) is 12.1 Å². The number of hydrogen-bond acceptors (Lipinski definition) is 5. The lowest BCUT2D eigenvalue weighted by Crippen LogP contribution is -2.06. The fraction of sp³-hybridized carbons (Fsp3) is 0.182. The van der Waals surface area contributed by atoms with Gasteiger partial charge >= 0.3 is 0 Å². The number of nitrogens with zero attached hydrogens (tertiary/aromatic N) is 3. The monoisotopic (exact) mass is 361 g/mol. The molecule has 0 aliphatic heterocycles. The molecule has 0 aliphatic carbocycles. The Morgan fingerprint density at radius 3 is 2.58 bits per heavy atom. The van der Waals surface area contributed by atoms with E-state index in [4.69, 9.17) is 23.2 Å². The number of benzene rings is 1. The van der Waals surface area contributed by atoms with Gasteiger partial charge in [0.1, 0.15) is 0 Å². The molecule has 0 saturated carbocycles. The van der Waals surface area contributed by atoms with Crippen molar-refractivity contribution in [3.8, 4) is 0 Å². The van der Waals surface area contributed by atoms with E-state index in [1.165, 1.54) is 0 Å². The molecular weight excluding hydrogens is 353 g/mol. The first kappa shape index (κ1) is 14.3. The number of nitrogens with one attached hydrogen (secondary N) is 2. The third-order valence-corrected chi connectivity index (χ3v) is 3.18. The van der Waals surface area contributed by atoms with E-state index in [9.17, 15) is 0 Å². The predicted molar refractivity (Wildman–Crippen MR) is 81.4 cm³/mol. The van der Waals surface area contributed by atoms with Crippen LogP contribution in [0.25, 0.3) is 0 Å². The van der Waals surface area contributed by atoms with E-state index in [1.807, 2.05) is 13.0 Å². The Morgan fingerprint density at radius 2 is 1.89 bits per heavy atom. The highest BCUT2D eigenvalue weighted by Gasteiger charge is 2.07. The molecule has 100 valence electrons. The molecule has 0 bridgehead atoms. The molecule has 1 aromatic carbocycles. The molecule has 0 unspecified atom stereocenters. The van der Waals surface area contributed by atoms with E-state index >= 15 is 0 Å². The molecule has 2 aromatic rings. The van der Waals surface area contributed by atoms with Crippen molar-refractivity contribution in [1.29, 1.82) is 0 Å². The molecule has 0 amide bonds. The van der Waals surface area contributed by atoms with Crippen molar-refractivity contribution in [2.24, 2.45) is 0 Å². The minimum atomic E-state index is 0.124. The normalized spacial score (nSPS) is 10.3. The van der Waals surface area contributed by atoms with Crippen LogP contribution in [-0.2, 0) is 0 Å². The summed E-state index contributed by atoms with van der Waals surface area (Å²) >= 11 is 15.1. The van der Waals surface area contributed by atoms with Gasteiger partial charge in [-0.1, -0.05) is 11.6 Å². The number of aromatic nitrogens is 3. The highest BCUT2D eigenvalue weighted by atomic mass is 79.9. The molecule has 1 aromatic heterocycles. The molecule has 19 heavy (non-hydrogen) atoms. The third-order valence-electron chi connectivity index (χ3n) is 2.12. The van der Waals surface area contributed by atoms with Crippen LogP contribution < -0.4 is 10.6 Å². The van der Waals surface area contributed by atoms with Gasteiger partial charge in [0.15, 0.2) is 0 Å². The first-order valence-electron chi connectivity index (χ1n) is 5.46. The second kappa shape index (κ2) is 6.36. The Hall–Kier alpha value is -1.11. The highest BCUT2D eigenvalue weighted by Crippen LogP contribution is 2.28. The van der Waals surface area contributed by atoms with Gasteiger partial charge in [-0.05, 0) is 52.7 Å². The van der Waals surface area contributed by atoms with Crippen molar-refractivity contribution in [1.82, 2.24) is 15.0 Å². The van der Waals surface area contributed by atoms with Crippen molar-refractivity contribution < 1.29 is 0 Å². The average molecular weight is 363 g/mol. The zero-order chi connectivity index (χ0) is 13.8. The van der Waals surface area contributed by atoms with Crippen LogP contribution in [0.3, 0.4) is 0 Å². The van der Waals surface area contributed by atoms with Crippen LogP contribution >= 0.6 is 39.1 Å². The SMILES string of the molecule is CCNc1nc(Cl)nc(Nc2ccc(Cl)cc2Br)n1. The van der Waals surface area contributed by atoms with Crippen LogP contribution in [0.1, 0.15) is 6.92 Å². The lowest BCUT2D eigenvalue weighted by molar-refractivity contribution is 1.02. The zero-order valence-corrected chi connectivity index (χ0v) is 13.0. The van der Waals surface area contributed by atoms with Gasteiger partial charge < -0.3 is 10.6 Å². The summed E-state index contributed by atoms with van der Waals surface area (Å²) in [7, 11) is 0. The van der Waals surface area contributed by atoms with Crippen LogP contribution in [0, 0.1) is 0 Å². The molecule has 2 N–H and O–H groups in total. The maximum Gasteiger partial charge on any atom is 0.233 e. The van der Waals surface area contributed by atoms with Crippen LogP contribution in [-0.4, -0.2) is 21.5 Å². The van der Waals surface area contributed by atoms with Crippen molar-refractivity contribution in [2.75, 3.05) is 17.2 Å². The minimum Gasteiger partial charge on any atom is -0.354 e. The average Bonchev–Trinajstić information content (AvgIpc) is 2.32. The zero-order valence-electron chi connectivity index (χ0n) is 9.91. The van der Waals surface area contributed by atoms with E-state index in [0.29, 0.717) is 23.5 Å². The highest BCUT2D eigenvalue weighted by molar-refractivity contribution is 9.10. The summed E-state index contributed by atoms with van der Waals surface area (Å²) in [5, 5.41) is 6.79. The maximum absolute atomic E-state index is 5.88. The number of rotatable bonds is 4. The largest absolute Gasteiger partial charge is 0.354 e. The van der Waals surface area contributed by atoms with Gasteiger partial charge in [-0.2, -0.15) is 15.0 Å². The molecule has 0 fully saturated rings. The quantitative estimate of drug-likeness (QED) is 0.856. The Morgan fingerprint density at radius 1 is 1.16 bits per heavy atom. The van der Waals surface area contributed by atoms with Crippen molar-refractivity contribution in [3.63, 3.8) is 0 Å². The molecule has 5 nitrogen and oxygen atoms in total. The van der Waals surface area contributed by atoms with E-state index < -0.39 is 0 Å². The lowest BCUT2D eigenvalue weighted by Gasteiger charge is -2.09. The van der Waals surface area contributed by atoms with Crippen LogP contribution in [0.2, 0.25) is 10.3 Å². The summed E-state index contributed by atoms with van der Waals surface area (Å²) in [5.74, 6) is 0.786. The molecule has 0 saturated heterocycles. The molecular formula is C11H10BrCl2N5. The summed E-state index contributed by atoms with van der Waals surface area (Å²) in [4.78, 5) is 12.2. The van der Waals surface area contributed by atoms with Crippen molar-refractivity contribution in [2.45, 2.75) is 6.92 Å². The molecule has 0 aliphatic rings. The first-order valence-corrected chi connectivity index (χ1v) is 7.01. The molecule has 0 atom stereocenters. The molecule has 0 spiro atoms. The number of hydrogen-bond donors (Lipinski definition) is 2. The second-order valence-corrected chi connectivity index (χ2v) is 5.16. The van der Waals surface area contributed by atoms with Crippen LogP contribution in [0.5, 0.6) is 0 Å². The molecule has 8 heteroatoms. The fourth-order valence-corrected chi connectivity index (χ4v) is 2.30. The van der Waals surface area contributed by atoms with Gasteiger partial charge in [0, 0.05) is 16.0 Å². The summed E-state index contributed by atoms with van der Waals surface area (Å²) in [5.41, 5.74) is 0.786. The van der Waals surface area contributed by atoms with E-state index in [-0.39, 0.29) is 5.28 Å². The fourth-order valence-electron chi connectivity index (χ4n) is 1.35. The Labute approximate surface area is 128 Å². The standard InChI is InChI=1S/C11H10BrCl2N5/c1-2-15-10-17-9(14)18-11(19-10)16-8-4-3-6(13)5-7(8)12/h3-5H,2H2,1H3,(H2,15,16,17,18,19). The van der Waals surface area contributed by atoms with E-state index in [2.05, 4.69) is 41.5 Å². The summed E-state index contributed by atoms with van der Waals surface area (Å²) in [6.45, 7) is 2.64. The topological polar surface area (TPSA) is 62.7 Å². The van der Waals surface area contributed by atoms with Gasteiger partial charge in [-0.3, -0.25) is 0 Å². The Balaban J connectivity index is 2.27. The van der Waals surface area contributed by atoms with Crippen LogP contribution in [0.15, 0.2) is 22.7 Å². The van der Waals surface area contributed by atoms with Crippen molar-refractivity contribution in [3.05, 3.63) is 33.0 Å². The summed E-state index contributed by atoms with van der Waals surface area (Å²) in [6.07, 6.45) is 0. The Bertz CT molecular complexity index is 593. The van der Waals surface area contributed by atoms with Gasteiger partial charge in [0.05, 0.1) is 5.69 Å². The maximum atomic E-state index is 5.88. The smallest absolute Gasteiger partial charge is 0.233 e. The second-order valence-electron chi connectivity index (χ2n) is 3.53. The third kappa shape index (κ3) is 3.92. The van der Waals surface area contributed by atoms with Gasteiger partial charge in [-0.15, -0.1) is 0 Å².